The molecular formula is C22H27N3O2. The van der Waals surface area contributed by atoms with Crippen LogP contribution in [0.4, 0.5) is 0 Å². The van der Waals surface area contributed by atoms with Gasteiger partial charge in [0, 0.05) is 12.8 Å². The number of rotatable bonds is 8. The summed E-state index contributed by atoms with van der Waals surface area (Å²) in [6, 6.07) is 13.9. The van der Waals surface area contributed by atoms with Crippen LogP contribution in [-0.2, 0) is 17.6 Å². The number of carbonyl (C=O) groups is 1. The predicted octanol–water partition coefficient (Wildman–Crippen LogP) is 3.22. The van der Waals surface area contributed by atoms with Crippen molar-refractivity contribution >= 4 is 16.9 Å². The van der Waals surface area contributed by atoms with Crippen molar-refractivity contribution in [2.45, 2.75) is 45.6 Å². The molecule has 1 unspecified atom stereocenters. The van der Waals surface area contributed by atoms with Crippen LogP contribution in [0.15, 0.2) is 42.5 Å². The second-order valence-corrected chi connectivity index (χ2v) is 7.12. The molecule has 0 fully saturated rings. The number of carbonyl (C=O) groups excluding carboxylic acids is 1. The van der Waals surface area contributed by atoms with E-state index in [2.05, 4.69) is 47.3 Å². The number of imidazole rings is 1. The van der Waals surface area contributed by atoms with E-state index in [4.69, 9.17) is 0 Å². The largest absolute Gasteiger partial charge is 0.394 e. The molecule has 0 saturated carbocycles. The van der Waals surface area contributed by atoms with E-state index in [-0.39, 0.29) is 18.6 Å². The fraction of sp³-hybridized carbons (Fsp3) is 0.364. The summed E-state index contributed by atoms with van der Waals surface area (Å²) in [7, 11) is 0. The van der Waals surface area contributed by atoms with Crippen LogP contribution >= 0.6 is 0 Å². The highest BCUT2D eigenvalue weighted by atomic mass is 16.3. The maximum absolute atomic E-state index is 12.2. The van der Waals surface area contributed by atoms with Crippen molar-refractivity contribution in [2.24, 2.45) is 0 Å². The Morgan fingerprint density at radius 2 is 2.00 bits per heavy atom. The minimum atomic E-state index is -0.259. The first-order valence-electron chi connectivity index (χ1n) is 9.45. The number of para-hydroxylation sites is 2. The van der Waals surface area contributed by atoms with Gasteiger partial charge in [0.15, 0.2) is 0 Å². The Kier molecular flexibility index (Phi) is 6.24. The van der Waals surface area contributed by atoms with Gasteiger partial charge in [0.2, 0.25) is 5.91 Å². The van der Waals surface area contributed by atoms with Crippen LogP contribution in [0.3, 0.4) is 0 Å². The van der Waals surface area contributed by atoms with Crippen molar-refractivity contribution in [1.82, 2.24) is 15.3 Å². The number of benzene rings is 2. The van der Waals surface area contributed by atoms with E-state index >= 15 is 0 Å². The maximum atomic E-state index is 12.2. The van der Waals surface area contributed by atoms with Crippen LogP contribution in [0.1, 0.15) is 35.4 Å². The van der Waals surface area contributed by atoms with Crippen LogP contribution in [0.2, 0.25) is 0 Å². The second kappa shape index (κ2) is 8.82. The highest BCUT2D eigenvalue weighted by Gasteiger charge is 2.13. The van der Waals surface area contributed by atoms with E-state index in [1.165, 1.54) is 11.1 Å². The fourth-order valence-corrected chi connectivity index (χ4v) is 3.22. The number of aromatic nitrogens is 2. The summed E-state index contributed by atoms with van der Waals surface area (Å²) in [5, 5.41) is 12.6. The van der Waals surface area contributed by atoms with E-state index < -0.39 is 0 Å². The van der Waals surface area contributed by atoms with E-state index in [1.807, 2.05) is 24.3 Å². The number of hydrogen-bond donors (Lipinski definition) is 3. The lowest BCUT2D eigenvalue weighted by molar-refractivity contribution is -0.122. The highest BCUT2D eigenvalue weighted by molar-refractivity contribution is 5.76. The third kappa shape index (κ3) is 5.17. The number of fused-ring (bicyclic) bond motifs is 1. The average Bonchev–Trinajstić information content (AvgIpc) is 3.07. The van der Waals surface area contributed by atoms with E-state index in [1.54, 1.807) is 0 Å². The third-order valence-corrected chi connectivity index (χ3v) is 4.89. The number of aliphatic hydroxyl groups is 1. The van der Waals surface area contributed by atoms with Crippen LogP contribution < -0.4 is 5.32 Å². The van der Waals surface area contributed by atoms with Gasteiger partial charge in [-0.2, -0.15) is 0 Å². The summed E-state index contributed by atoms with van der Waals surface area (Å²) in [6.45, 7) is 4.08. The van der Waals surface area contributed by atoms with E-state index in [9.17, 15) is 9.90 Å². The van der Waals surface area contributed by atoms with Gasteiger partial charge in [-0.1, -0.05) is 30.3 Å². The number of H-pyrrole nitrogens is 1. The minimum absolute atomic E-state index is 0.0333. The molecule has 0 aliphatic carbocycles. The molecule has 0 spiro atoms. The van der Waals surface area contributed by atoms with Gasteiger partial charge in [-0.3, -0.25) is 4.79 Å². The Balaban J connectivity index is 1.47. The van der Waals surface area contributed by atoms with Gasteiger partial charge in [-0.25, -0.2) is 4.98 Å². The zero-order valence-corrected chi connectivity index (χ0v) is 16.0. The van der Waals surface area contributed by atoms with Crippen LogP contribution in [-0.4, -0.2) is 33.6 Å². The summed E-state index contributed by atoms with van der Waals surface area (Å²) in [5.41, 5.74) is 5.56. The molecule has 1 aromatic heterocycles. The van der Waals surface area contributed by atoms with Crippen molar-refractivity contribution < 1.29 is 9.90 Å². The predicted molar refractivity (Wildman–Crippen MR) is 108 cm³/mol. The Bertz CT molecular complexity index is 884. The third-order valence-electron chi connectivity index (χ3n) is 4.89. The number of aromatic amines is 1. The van der Waals surface area contributed by atoms with Crippen LogP contribution in [0, 0.1) is 13.8 Å². The monoisotopic (exact) mass is 365 g/mol. The number of aliphatic hydroxyl groups excluding tert-OH is 1. The first-order chi connectivity index (χ1) is 13.0. The molecule has 1 atom stereocenters. The average molecular weight is 365 g/mol. The van der Waals surface area contributed by atoms with E-state index in [0.29, 0.717) is 19.3 Å². The van der Waals surface area contributed by atoms with Gasteiger partial charge in [-0.15, -0.1) is 0 Å². The molecule has 1 amide bonds. The molecule has 3 N–H and O–H groups in total. The number of hydrogen-bond acceptors (Lipinski definition) is 3. The van der Waals surface area contributed by atoms with Crippen molar-refractivity contribution in [3.8, 4) is 0 Å². The molecule has 3 rings (SSSR count). The maximum Gasteiger partial charge on any atom is 0.220 e. The normalized spacial score (nSPS) is 12.3. The summed E-state index contributed by atoms with van der Waals surface area (Å²) in [6.07, 6.45) is 2.49. The standard InChI is InChI=1S/C22H27N3O2/c1-15-10-11-17(12-16(15)2)13-18(14-26)23-22(27)9-5-8-21-24-19-6-3-4-7-20(19)25-21/h3-4,6-7,10-12,18,26H,5,8-9,13-14H2,1-2H3,(H,23,27)(H,24,25). The van der Waals surface area contributed by atoms with Crippen molar-refractivity contribution in [2.75, 3.05) is 6.61 Å². The van der Waals surface area contributed by atoms with Crippen molar-refractivity contribution in [3.63, 3.8) is 0 Å². The first kappa shape index (κ1) is 19.1. The highest BCUT2D eigenvalue weighted by Crippen LogP contribution is 2.13. The molecule has 0 aliphatic heterocycles. The summed E-state index contributed by atoms with van der Waals surface area (Å²) in [4.78, 5) is 20.0. The number of amides is 1. The fourth-order valence-electron chi connectivity index (χ4n) is 3.22. The second-order valence-electron chi connectivity index (χ2n) is 7.12. The van der Waals surface area contributed by atoms with E-state index in [0.717, 1.165) is 28.8 Å². The summed E-state index contributed by atoms with van der Waals surface area (Å²) < 4.78 is 0. The van der Waals surface area contributed by atoms with Crippen LogP contribution in [0.5, 0.6) is 0 Å². The van der Waals surface area contributed by atoms with Crippen molar-refractivity contribution in [3.05, 3.63) is 65.0 Å². The quantitative estimate of drug-likeness (QED) is 0.573. The molecule has 5 nitrogen and oxygen atoms in total. The molecule has 0 saturated heterocycles. The number of nitrogens with one attached hydrogen (secondary N) is 2. The molecule has 0 aliphatic rings. The van der Waals surface area contributed by atoms with Gasteiger partial charge >= 0.3 is 0 Å². The van der Waals surface area contributed by atoms with Gasteiger partial charge in [-0.05, 0) is 55.5 Å². The molecule has 2 aromatic carbocycles. The molecule has 27 heavy (non-hydrogen) atoms. The van der Waals surface area contributed by atoms with Gasteiger partial charge in [0.25, 0.3) is 0 Å². The minimum Gasteiger partial charge on any atom is -0.394 e. The van der Waals surface area contributed by atoms with Gasteiger partial charge < -0.3 is 15.4 Å². The Hall–Kier alpha value is -2.66. The molecular weight excluding hydrogens is 338 g/mol. The van der Waals surface area contributed by atoms with Gasteiger partial charge in [0.05, 0.1) is 23.7 Å². The molecule has 3 aromatic rings. The lowest BCUT2D eigenvalue weighted by Gasteiger charge is -2.17. The molecule has 1 heterocycles. The Labute approximate surface area is 159 Å². The first-order valence-corrected chi connectivity index (χ1v) is 9.45. The number of aryl methyl sites for hydroxylation is 3. The molecule has 0 bridgehead atoms. The summed E-state index contributed by atoms with van der Waals surface area (Å²) in [5.74, 6) is 0.867. The lowest BCUT2D eigenvalue weighted by Crippen LogP contribution is -2.39. The topological polar surface area (TPSA) is 78.0 Å². The molecule has 0 radical (unpaired) electrons. The zero-order chi connectivity index (χ0) is 19.2. The summed E-state index contributed by atoms with van der Waals surface area (Å²) >= 11 is 0. The SMILES string of the molecule is Cc1ccc(CC(CO)NC(=O)CCCc2nc3ccccc3[nH]2)cc1C. The van der Waals surface area contributed by atoms with Gasteiger partial charge in [0.1, 0.15) is 5.82 Å². The number of nitrogens with zero attached hydrogens (tertiary/aromatic N) is 1. The Morgan fingerprint density at radius 3 is 2.74 bits per heavy atom. The lowest BCUT2D eigenvalue weighted by atomic mass is 10.0. The molecule has 142 valence electrons. The smallest absolute Gasteiger partial charge is 0.220 e. The molecule has 5 heteroatoms. The Morgan fingerprint density at radius 1 is 1.19 bits per heavy atom. The van der Waals surface area contributed by atoms with Crippen LogP contribution in [0.25, 0.3) is 11.0 Å². The zero-order valence-electron chi connectivity index (χ0n) is 16.0. The van der Waals surface area contributed by atoms with Crippen molar-refractivity contribution in [1.29, 1.82) is 0 Å².